The van der Waals surface area contributed by atoms with Crippen LogP contribution in [0.15, 0.2) is 17.0 Å². The van der Waals surface area contributed by atoms with Crippen LogP contribution in [0.4, 0.5) is 10.1 Å². The first-order valence-electron chi connectivity index (χ1n) is 7.11. The van der Waals surface area contributed by atoms with Crippen molar-refractivity contribution in [1.29, 1.82) is 0 Å². The molecule has 0 unspecified atom stereocenters. The van der Waals surface area contributed by atoms with E-state index < -0.39 is 15.8 Å². The number of halogens is 1. The van der Waals surface area contributed by atoms with Gasteiger partial charge in [0.1, 0.15) is 5.82 Å². The highest BCUT2D eigenvalue weighted by molar-refractivity contribution is 7.89. The highest BCUT2D eigenvalue weighted by Gasteiger charge is 2.22. The van der Waals surface area contributed by atoms with Crippen molar-refractivity contribution < 1.29 is 12.8 Å². The summed E-state index contributed by atoms with van der Waals surface area (Å²) in [5, 5.41) is 0. The fourth-order valence-electron chi connectivity index (χ4n) is 2.36. The molecule has 0 aliphatic carbocycles. The number of sulfonamides is 1. The lowest BCUT2D eigenvalue weighted by molar-refractivity contribution is 0.289. The Balaban J connectivity index is 2.97. The smallest absolute Gasteiger partial charge is 0.240 e. The first-order valence-corrected chi connectivity index (χ1v) is 8.59. The maximum atomic E-state index is 13.7. The Morgan fingerprint density at radius 1 is 1.19 bits per heavy atom. The molecule has 0 fully saturated rings. The molecular weight excluding hydrogens is 291 g/mol. The molecule has 0 bridgehead atoms. The van der Waals surface area contributed by atoms with Gasteiger partial charge in [-0.25, -0.2) is 17.5 Å². The second-order valence-corrected chi connectivity index (χ2v) is 7.89. The fraction of sp³-hybridized carbons (Fsp3) is 0.600. The molecule has 0 aliphatic heterocycles. The lowest BCUT2D eigenvalue weighted by Gasteiger charge is -2.25. The summed E-state index contributed by atoms with van der Waals surface area (Å²) in [5.74, 6) is 0.312. The Morgan fingerprint density at radius 3 is 2.14 bits per heavy atom. The van der Waals surface area contributed by atoms with Crippen LogP contribution in [0.1, 0.15) is 33.3 Å². The van der Waals surface area contributed by atoms with E-state index in [9.17, 15) is 12.8 Å². The average molecular weight is 316 g/mol. The molecule has 0 amide bonds. The van der Waals surface area contributed by atoms with Crippen molar-refractivity contribution in [3.8, 4) is 0 Å². The van der Waals surface area contributed by atoms with Crippen LogP contribution in [0.5, 0.6) is 0 Å². The molecular formula is C15H25FN2O2S. The molecule has 6 heteroatoms. The zero-order valence-corrected chi connectivity index (χ0v) is 14.1. The van der Waals surface area contributed by atoms with E-state index in [2.05, 4.69) is 32.4 Å². The highest BCUT2D eigenvalue weighted by Crippen LogP contribution is 2.23. The van der Waals surface area contributed by atoms with E-state index >= 15 is 0 Å². The summed E-state index contributed by atoms with van der Waals surface area (Å²) in [6.07, 6.45) is 0. The number of nitrogen functional groups attached to an aromatic ring is 1. The van der Waals surface area contributed by atoms with E-state index in [0.717, 1.165) is 6.07 Å². The average Bonchev–Trinajstić information content (AvgIpc) is 2.34. The summed E-state index contributed by atoms with van der Waals surface area (Å²) in [4.78, 5) is -0.130. The molecule has 3 N–H and O–H groups in total. The van der Waals surface area contributed by atoms with Crippen molar-refractivity contribution in [2.24, 2.45) is 17.8 Å². The molecule has 0 spiro atoms. The van der Waals surface area contributed by atoms with Crippen molar-refractivity contribution in [3.05, 3.63) is 23.5 Å². The number of anilines is 1. The molecule has 1 aromatic rings. The summed E-state index contributed by atoms with van der Waals surface area (Å²) in [6.45, 7) is 10.1. The van der Waals surface area contributed by atoms with Gasteiger partial charge in [0.2, 0.25) is 10.0 Å². The lowest BCUT2D eigenvalue weighted by atomic mass is 9.86. The largest absolute Gasteiger partial charge is 0.398 e. The van der Waals surface area contributed by atoms with Crippen molar-refractivity contribution in [1.82, 2.24) is 4.72 Å². The number of benzene rings is 1. The van der Waals surface area contributed by atoms with E-state index in [0.29, 0.717) is 18.4 Å². The molecule has 120 valence electrons. The normalized spacial score (nSPS) is 12.6. The zero-order chi connectivity index (χ0) is 16.4. The van der Waals surface area contributed by atoms with Gasteiger partial charge >= 0.3 is 0 Å². The SMILES string of the molecule is Cc1c(N)cc(S(=O)(=O)NCC(C(C)C)C(C)C)cc1F. The van der Waals surface area contributed by atoms with Gasteiger partial charge in [-0.15, -0.1) is 0 Å². The molecule has 0 radical (unpaired) electrons. The molecule has 1 aromatic carbocycles. The summed E-state index contributed by atoms with van der Waals surface area (Å²) in [6, 6.07) is 2.30. The predicted molar refractivity (Wildman–Crippen MR) is 83.9 cm³/mol. The molecule has 0 heterocycles. The van der Waals surface area contributed by atoms with Gasteiger partial charge in [-0.3, -0.25) is 0 Å². The molecule has 4 nitrogen and oxygen atoms in total. The third-order valence-electron chi connectivity index (χ3n) is 3.89. The maximum absolute atomic E-state index is 13.7. The van der Waals surface area contributed by atoms with Crippen molar-refractivity contribution >= 4 is 15.7 Å². The molecule has 0 aromatic heterocycles. The molecule has 1 rings (SSSR count). The van der Waals surface area contributed by atoms with E-state index in [1.165, 1.54) is 13.0 Å². The van der Waals surface area contributed by atoms with Crippen molar-refractivity contribution in [2.45, 2.75) is 39.5 Å². The maximum Gasteiger partial charge on any atom is 0.240 e. The minimum atomic E-state index is -3.75. The topological polar surface area (TPSA) is 72.2 Å². The van der Waals surface area contributed by atoms with E-state index in [-0.39, 0.29) is 22.1 Å². The van der Waals surface area contributed by atoms with Crippen LogP contribution in [0.25, 0.3) is 0 Å². The minimum absolute atomic E-state index is 0.130. The quantitative estimate of drug-likeness (QED) is 0.793. The third kappa shape index (κ3) is 4.41. The van der Waals surface area contributed by atoms with Crippen LogP contribution in [-0.4, -0.2) is 15.0 Å². The van der Waals surface area contributed by atoms with Crippen LogP contribution >= 0.6 is 0 Å². The van der Waals surface area contributed by atoms with Crippen LogP contribution in [0.3, 0.4) is 0 Å². The standard InChI is InChI=1S/C15H25FN2O2S/c1-9(2)13(10(3)4)8-18-21(19,20)12-6-14(16)11(5)15(17)7-12/h6-7,9-10,13,18H,8,17H2,1-5H3. The molecule has 0 aliphatic rings. The number of nitrogens with two attached hydrogens (primary N) is 1. The second kappa shape index (κ2) is 6.75. The van der Waals surface area contributed by atoms with Crippen molar-refractivity contribution in [2.75, 3.05) is 12.3 Å². The first-order chi connectivity index (χ1) is 9.56. The Bertz CT molecular complexity index is 567. The Hall–Kier alpha value is -1.14. The van der Waals surface area contributed by atoms with Gasteiger partial charge in [-0.1, -0.05) is 27.7 Å². The van der Waals surface area contributed by atoms with Gasteiger partial charge in [0.25, 0.3) is 0 Å². The monoisotopic (exact) mass is 316 g/mol. The Morgan fingerprint density at radius 2 is 1.71 bits per heavy atom. The minimum Gasteiger partial charge on any atom is -0.398 e. The van der Waals surface area contributed by atoms with Gasteiger partial charge in [-0.2, -0.15) is 0 Å². The molecule has 21 heavy (non-hydrogen) atoms. The van der Waals surface area contributed by atoms with E-state index in [1.54, 1.807) is 0 Å². The van der Waals surface area contributed by atoms with Gasteiger partial charge in [0.05, 0.1) is 4.90 Å². The zero-order valence-electron chi connectivity index (χ0n) is 13.3. The highest BCUT2D eigenvalue weighted by atomic mass is 32.2. The van der Waals surface area contributed by atoms with Gasteiger partial charge < -0.3 is 5.73 Å². The van der Waals surface area contributed by atoms with Crippen LogP contribution in [0.2, 0.25) is 0 Å². The summed E-state index contributed by atoms with van der Waals surface area (Å²) in [7, 11) is -3.75. The first kappa shape index (κ1) is 17.9. The lowest BCUT2D eigenvalue weighted by Crippen LogP contribution is -2.34. The fourth-order valence-corrected chi connectivity index (χ4v) is 3.48. The van der Waals surface area contributed by atoms with E-state index in [4.69, 9.17) is 5.73 Å². The number of hydrogen-bond acceptors (Lipinski definition) is 3. The predicted octanol–water partition coefficient (Wildman–Crippen LogP) is 2.92. The molecule has 0 atom stereocenters. The van der Waals surface area contributed by atoms with Crippen LogP contribution in [0, 0.1) is 30.5 Å². The Labute approximate surface area is 127 Å². The molecule has 0 saturated heterocycles. The number of nitrogens with one attached hydrogen (secondary N) is 1. The van der Waals surface area contributed by atoms with Crippen LogP contribution in [-0.2, 0) is 10.0 Å². The van der Waals surface area contributed by atoms with Crippen molar-refractivity contribution in [3.63, 3.8) is 0 Å². The second-order valence-electron chi connectivity index (χ2n) is 6.12. The van der Waals surface area contributed by atoms with E-state index in [1.807, 2.05) is 0 Å². The van der Waals surface area contributed by atoms with Gasteiger partial charge in [-0.05, 0) is 36.8 Å². The summed E-state index contributed by atoms with van der Waals surface area (Å²) >= 11 is 0. The number of hydrogen-bond donors (Lipinski definition) is 2. The van der Waals surface area contributed by atoms with Gasteiger partial charge in [0.15, 0.2) is 0 Å². The number of rotatable bonds is 6. The molecule has 0 saturated carbocycles. The van der Waals surface area contributed by atoms with Crippen LogP contribution < -0.4 is 10.5 Å². The third-order valence-corrected chi connectivity index (χ3v) is 5.29. The Kier molecular flexibility index (Phi) is 5.75. The van der Waals surface area contributed by atoms with Gasteiger partial charge in [0, 0.05) is 17.8 Å². The summed E-state index contributed by atoms with van der Waals surface area (Å²) < 4.78 is 40.7. The summed E-state index contributed by atoms with van der Waals surface area (Å²) in [5.41, 5.74) is 6.04.